The molecule has 0 radical (unpaired) electrons. The van der Waals surface area contributed by atoms with Crippen molar-refractivity contribution in [3.05, 3.63) is 53.3 Å². The van der Waals surface area contributed by atoms with Gasteiger partial charge in [-0.25, -0.2) is 4.79 Å². The number of aryl methyl sites for hydroxylation is 2. The van der Waals surface area contributed by atoms with Crippen LogP contribution in [-0.4, -0.2) is 17.1 Å². The van der Waals surface area contributed by atoms with Crippen molar-refractivity contribution >= 4 is 5.97 Å². The van der Waals surface area contributed by atoms with E-state index in [4.69, 9.17) is 4.74 Å². The predicted octanol–water partition coefficient (Wildman–Crippen LogP) is 4.05. The summed E-state index contributed by atoms with van der Waals surface area (Å²) < 4.78 is 7.36. The summed E-state index contributed by atoms with van der Waals surface area (Å²) >= 11 is 0. The third-order valence-electron chi connectivity index (χ3n) is 3.36. The van der Waals surface area contributed by atoms with Crippen LogP contribution in [-0.2, 0) is 4.74 Å². The van der Waals surface area contributed by atoms with Gasteiger partial charge >= 0.3 is 5.97 Å². The molecule has 0 N–H and O–H groups in total. The molecule has 1 aromatic heterocycles. The molecule has 3 nitrogen and oxygen atoms in total. The van der Waals surface area contributed by atoms with Gasteiger partial charge in [0.1, 0.15) is 0 Å². The van der Waals surface area contributed by atoms with Crippen LogP contribution >= 0.6 is 0 Å². The van der Waals surface area contributed by atoms with E-state index < -0.39 is 0 Å². The first-order valence-electron chi connectivity index (χ1n) is 7.06. The Balaban J connectivity index is 2.12. The number of nitrogens with zero attached hydrogens (tertiary/aromatic N) is 1. The molecule has 0 amide bonds. The molecule has 0 spiro atoms. The molecule has 106 valence electrons. The highest BCUT2D eigenvalue weighted by Crippen LogP contribution is 2.17. The highest BCUT2D eigenvalue weighted by Gasteiger charge is 2.08. The van der Waals surface area contributed by atoms with Crippen molar-refractivity contribution in [2.24, 2.45) is 0 Å². The maximum Gasteiger partial charge on any atom is 0.338 e. The van der Waals surface area contributed by atoms with Crippen molar-refractivity contribution in [2.75, 3.05) is 6.61 Å². The van der Waals surface area contributed by atoms with Gasteiger partial charge in [-0.3, -0.25) is 0 Å². The Kier molecular flexibility index (Phi) is 4.61. The lowest BCUT2D eigenvalue weighted by Gasteiger charge is -2.10. The second-order valence-corrected chi connectivity index (χ2v) is 4.99. The molecule has 0 aliphatic heterocycles. The van der Waals surface area contributed by atoms with E-state index in [-0.39, 0.29) is 5.97 Å². The van der Waals surface area contributed by atoms with Gasteiger partial charge in [-0.2, -0.15) is 0 Å². The minimum atomic E-state index is -0.244. The summed E-state index contributed by atoms with van der Waals surface area (Å²) in [5.41, 5.74) is 4.03. The number of ether oxygens (including phenoxy) is 1. The number of rotatable bonds is 5. The van der Waals surface area contributed by atoms with E-state index >= 15 is 0 Å². The van der Waals surface area contributed by atoms with E-state index in [1.165, 1.54) is 11.4 Å². The van der Waals surface area contributed by atoms with Gasteiger partial charge in [0.2, 0.25) is 0 Å². The Morgan fingerprint density at radius 2 is 1.65 bits per heavy atom. The SMILES string of the molecule is CCCCOC(=O)c1ccc(-n2c(C)ccc2C)cc1. The number of carbonyl (C=O) groups is 1. The van der Waals surface area contributed by atoms with Crippen molar-refractivity contribution in [2.45, 2.75) is 33.6 Å². The van der Waals surface area contributed by atoms with Crippen LogP contribution in [0, 0.1) is 13.8 Å². The zero-order valence-corrected chi connectivity index (χ0v) is 12.3. The van der Waals surface area contributed by atoms with Gasteiger partial charge in [-0.15, -0.1) is 0 Å². The molecule has 20 heavy (non-hydrogen) atoms. The second-order valence-electron chi connectivity index (χ2n) is 4.99. The lowest BCUT2D eigenvalue weighted by Crippen LogP contribution is -2.07. The zero-order chi connectivity index (χ0) is 14.5. The monoisotopic (exact) mass is 271 g/mol. The third-order valence-corrected chi connectivity index (χ3v) is 3.36. The topological polar surface area (TPSA) is 31.2 Å². The van der Waals surface area contributed by atoms with E-state index in [2.05, 4.69) is 37.5 Å². The molecule has 0 aliphatic carbocycles. The molecule has 0 atom stereocenters. The Hall–Kier alpha value is -2.03. The number of hydrogen-bond donors (Lipinski definition) is 0. The molecule has 0 bridgehead atoms. The summed E-state index contributed by atoms with van der Waals surface area (Å²) in [6.45, 7) is 6.71. The third kappa shape index (κ3) is 3.10. The molecule has 3 heteroatoms. The maximum atomic E-state index is 11.8. The summed E-state index contributed by atoms with van der Waals surface area (Å²) in [6, 6.07) is 11.7. The van der Waals surface area contributed by atoms with Crippen LogP contribution in [0.25, 0.3) is 5.69 Å². The molecule has 2 aromatic rings. The van der Waals surface area contributed by atoms with Gasteiger partial charge in [0.05, 0.1) is 12.2 Å². The van der Waals surface area contributed by atoms with Crippen molar-refractivity contribution < 1.29 is 9.53 Å². The number of hydrogen-bond acceptors (Lipinski definition) is 2. The molecule has 0 unspecified atom stereocenters. The van der Waals surface area contributed by atoms with Crippen LogP contribution in [0.4, 0.5) is 0 Å². The summed E-state index contributed by atoms with van der Waals surface area (Å²) in [6.07, 6.45) is 1.93. The van der Waals surface area contributed by atoms with E-state index in [9.17, 15) is 4.79 Å². The number of benzene rings is 1. The summed E-state index contributed by atoms with van der Waals surface area (Å²) in [5, 5.41) is 0. The van der Waals surface area contributed by atoms with Crippen molar-refractivity contribution in [1.82, 2.24) is 4.57 Å². The average Bonchev–Trinajstić information content (AvgIpc) is 2.78. The van der Waals surface area contributed by atoms with Gasteiger partial charge < -0.3 is 9.30 Å². The highest BCUT2D eigenvalue weighted by atomic mass is 16.5. The fourth-order valence-electron chi connectivity index (χ4n) is 2.21. The van der Waals surface area contributed by atoms with Crippen molar-refractivity contribution in [3.8, 4) is 5.69 Å². The smallest absolute Gasteiger partial charge is 0.338 e. The van der Waals surface area contributed by atoms with E-state index in [0.29, 0.717) is 12.2 Å². The predicted molar refractivity (Wildman–Crippen MR) is 80.4 cm³/mol. The van der Waals surface area contributed by atoms with E-state index in [1.54, 1.807) is 0 Å². The normalized spacial score (nSPS) is 10.6. The lowest BCUT2D eigenvalue weighted by atomic mass is 10.2. The molecule has 0 aliphatic rings. The summed E-state index contributed by atoms with van der Waals surface area (Å²) in [5.74, 6) is -0.244. The second kappa shape index (κ2) is 6.42. The largest absolute Gasteiger partial charge is 0.462 e. The Labute approximate surface area is 120 Å². The number of aromatic nitrogens is 1. The first-order valence-corrected chi connectivity index (χ1v) is 7.06. The van der Waals surface area contributed by atoms with Crippen molar-refractivity contribution in [3.63, 3.8) is 0 Å². The van der Waals surface area contributed by atoms with Crippen LogP contribution in [0.3, 0.4) is 0 Å². The fraction of sp³-hybridized carbons (Fsp3) is 0.353. The fourth-order valence-corrected chi connectivity index (χ4v) is 2.21. The number of unbranched alkanes of at least 4 members (excludes halogenated alkanes) is 1. The van der Waals surface area contributed by atoms with Crippen molar-refractivity contribution in [1.29, 1.82) is 0 Å². The molecule has 0 saturated carbocycles. The van der Waals surface area contributed by atoms with Crippen LogP contribution < -0.4 is 0 Å². The molecule has 1 heterocycles. The first-order chi connectivity index (χ1) is 9.63. The molecule has 2 rings (SSSR count). The number of esters is 1. The van der Waals surface area contributed by atoms with Crippen LogP contribution in [0.2, 0.25) is 0 Å². The Morgan fingerprint density at radius 1 is 1.05 bits per heavy atom. The Morgan fingerprint density at radius 3 is 2.20 bits per heavy atom. The molecular formula is C17H21NO2. The van der Waals surface area contributed by atoms with Crippen LogP contribution in [0.15, 0.2) is 36.4 Å². The Bertz CT molecular complexity index is 562. The van der Waals surface area contributed by atoms with E-state index in [1.807, 2.05) is 24.3 Å². The van der Waals surface area contributed by atoms with E-state index in [0.717, 1.165) is 18.5 Å². The zero-order valence-electron chi connectivity index (χ0n) is 12.3. The molecular weight excluding hydrogens is 250 g/mol. The summed E-state index contributed by atoms with van der Waals surface area (Å²) in [7, 11) is 0. The molecule has 0 fully saturated rings. The standard InChI is InChI=1S/C17H21NO2/c1-4-5-12-20-17(19)15-8-10-16(11-9-15)18-13(2)6-7-14(18)3/h6-11H,4-5,12H2,1-3H3. The van der Waals surface area contributed by atoms with Crippen LogP contribution in [0.1, 0.15) is 41.5 Å². The molecule has 1 aromatic carbocycles. The minimum Gasteiger partial charge on any atom is -0.462 e. The van der Waals surface area contributed by atoms with Crippen LogP contribution in [0.5, 0.6) is 0 Å². The van der Waals surface area contributed by atoms with Gasteiger partial charge in [0.15, 0.2) is 0 Å². The maximum absolute atomic E-state index is 11.8. The highest BCUT2D eigenvalue weighted by molar-refractivity contribution is 5.89. The van der Waals surface area contributed by atoms with Gasteiger partial charge in [0, 0.05) is 17.1 Å². The van der Waals surface area contributed by atoms with Gasteiger partial charge in [0.25, 0.3) is 0 Å². The number of carbonyl (C=O) groups excluding carboxylic acids is 1. The quantitative estimate of drug-likeness (QED) is 0.607. The lowest BCUT2D eigenvalue weighted by molar-refractivity contribution is 0.0500. The van der Waals surface area contributed by atoms with Gasteiger partial charge in [-0.05, 0) is 56.7 Å². The average molecular weight is 271 g/mol. The minimum absolute atomic E-state index is 0.244. The molecule has 0 saturated heterocycles. The van der Waals surface area contributed by atoms with Gasteiger partial charge in [-0.1, -0.05) is 13.3 Å². The summed E-state index contributed by atoms with van der Waals surface area (Å²) in [4.78, 5) is 11.8. The first kappa shape index (κ1) is 14.4.